The van der Waals surface area contributed by atoms with Crippen molar-refractivity contribution in [3.63, 3.8) is 0 Å². The third-order valence-corrected chi connectivity index (χ3v) is 5.62. The summed E-state index contributed by atoms with van der Waals surface area (Å²) in [6, 6.07) is 14.0. The largest absolute Gasteiger partial charge is 0.324 e. The number of para-hydroxylation sites is 1. The Hall–Kier alpha value is -2.58. The van der Waals surface area contributed by atoms with Crippen molar-refractivity contribution in [3.8, 4) is 11.4 Å². The first-order chi connectivity index (χ1) is 13.6. The van der Waals surface area contributed by atoms with Crippen LogP contribution in [0.25, 0.3) is 11.4 Å². The standard InChI is InChI=1S/C20H19FN4OS2/c1-3-12-25-19(14-8-4-5-9-15(14)21)23-24-20(25)28-13-18(26)22-16-10-6-7-11-17(16)27-2/h3-11H,1,12-13H2,2H3,(H,22,26). The van der Waals surface area contributed by atoms with Gasteiger partial charge >= 0.3 is 0 Å². The number of benzene rings is 2. The van der Waals surface area contributed by atoms with E-state index in [1.54, 1.807) is 40.6 Å². The molecule has 3 aromatic rings. The molecule has 1 N–H and O–H groups in total. The van der Waals surface area contributed by atoms with Crippen LogP contribution in [0.4, 0.5) is 10.1 Å². The van der Waals surface area contributed by atoms with E-state index in [4.69, 9.17) is 0 Å². The predicted molar refractivity (Wildman–Crippen MR) is 113 cm³/mol. The Morgan fingerprint density at radius 1 is 1.21 bits per heavy atom. The van der Waals surface area contributed by atoms with Gasteiger partial charge in [0.25, 0.3) is 0 Å². The quantitative estimate of drug-likeness (QED) is 0.427. The van der Waals surface area contributed by atoms with Crippen LogP contribution in [-0.4, -0.2) is 32.7 Å². The maximum Gasteiger partial charge on any atom is 0.234 e. The summed E-state index contributed by atoms with van der Waals surface area (Å²) in [6.45, 7) is 4.16. The molecule has 0 radical (unpaired) electrons. The number of allylic oxidation sites excluding steroid dienone is 1. The zero-order valence-electron chi connectivity index (χ0n) is 15.3. The molecule has 0 fully saturated rings. The molecule has 1 aromatic heterocycles. The van der Waals surface area contributed by atoms with Crippen LogP contribution >= 0.6 is 23.5 Å². The molecule has 1 heterocycles. The van der Waals surface area contributed by atoms with Gasteiger partial charge in [0.2, 0.25) is 5.91 Å². The van der Waals surface area contributed by atoms with Crippen molar-refractivity contribution >= 4 is 35.1 Å². The van der Waals surface area contributed by atoms with E-state index in [-0.39, 0.29) is 17.5 Å². The molecule has 8 heteroatoms. The summed E-state index contributed by atoms with van der Waals surface area (Å²) in [5.41, 5.74) is 1.14. The van der Waals surface area contributed by atoms with Gasteiger partial charge in [0, 0.05) is 11.4 Å². The van der Waals surface area contributed by atoms with E-state index in [0.717, 1.165) is 10.6 Å². The number of anilines is 1. The topological polar surface area (TPSA) is 59.8 Å². The van der Waals surface area contributed by atoms with E-state index in [9.17, 15) is 9.18 Å². The number of hydrogen-bond donors (Lipinski definition) is 1. The zero-order chi connectivity index (χ0) is 19.9. The minimum Gasteiger partial charge on any atom is -0.324 e. The number of thioether (sulfide) groups is 2. The monoisotopic (exact) mass is 414 g/mol. The van der Waals surface area contributed by atoms with Gasteiger partial charge < -0.3 is 5.32 Å². The second-order valence-corrected chi connectivity index (χ2v) is 7.51. The molecule has 0 unspecified atom stereocenters. The highest BCUT2D eigenvalue weighted by Crippen LogP contribution is 2.27. The normalized spacial score (nSPS) is 10.6. The van der Waals surface area contributed by atoms with Crippen LogP contribution in [0.15, 0.2) is 71.2 Å². The highest BCUT2D eigenvalue weighted by Gasteiger charge is 2.17. The van der Waals surface area contributed by atoms with Gasteiger partial charge in [-0.15, -0.1) is 28.5 Å². The number of carbonyl (C=O) groups excluding carboxylic acids is 1. The number of nitrogens with zero attached hydrogens (tertiary/aromatic N) is 3. The SMILES string of the molecule is C=CCn1c(SCC(=O)Nc2ccccc2SC)nnc1-c1ccccc1F. The second kappa shape index (κ2) is 9.57. The lowest BCUT2D eigenvalue weighted by Gasteiger charge is -2.10. The lowest BCUT2D eigenvalue weighted by molar-refractivity contribution is -0.113. The van der Waals surface area contributed by atoms with Crippen LogP contribution in [0.5, 0.6) is 0 Å². The molecule has 28 heavy (non-hydrogen) atoms. The molecular formula is C20H19FN4OS2. The minimum absolute atomic E-state index is 0.146. The van der Waals surface area contributed by atoms with Gasteiger partial charge in [-0.3, -0.25) is 9.36 Å². The Morgan fingerprint density at radius 3 is 2.71 bits per heavy atom. The van der Waals surface area contributed by atoms with Crippen molar-refractivity contribution in [2.75, 3.05) is 17.3 Å². The average Bonchev–Trinajstić information content (AvgIpc) is 3.10. The molecule has 1 amide bonds. The Kier molecular flexibility index (Phi) is 6.89. The maximum atomic E-state index is 14.2. The van der Waals surface area contributed by atoms with Crippen molar-refractivity contribution in [2.45, 2.75) is 16.6 Å². The number of carbonyl (C=O) groups is 1. The number of aromatic nitrogens is 3. The summed E-state index contributed by atoms with van der Waals surface area (Å²) >= 11 is 2.82. The van der Waals surface area contributed by atoms with Crippen LogP contribution in [0, 0.1) is 5.82 Å². The molecule has 3 rings (SSSR count). The number of halogens is 1. The Labute approximate surface area is 171 Å². The first-order valence-corrected chi connectivity index (χ1v) is 10.7. The second-order valence-electron chi connectivity index (χ2n) is 5.72. The summed E-state index contributed by atoms with van der Waals surface area (Å²) in [5, 5.41) is 11.7. The molecule has 0 aliphatic heterocycles. The molecule has 0 saturated carbocycles. The van der Waals surface area contributed by atoms with E-state index in [1.165, 1.54) is 17.8 Å². The van der Waals surface area contributed by atoms with Crippen molar-refractivity contribution in [2.24, 2.45) is 0 Å². The maximum absolute atomic E-state index is 14.2. The molecule has 0 bridgehead atoms. The van der Waals surface area contributed by atoms with E-state index >= 15 is 0 Å². The van der Waals surface area contributed by atoms with Gasteiger partial charge in [-0.1, -0.05) is 42.1 Å². The van der Waals surface area contributed by atoms with E-state index < -0.39 is 0 Å². The molecule has 0 aliphatic carbocycles. The van der Waals surface area contributed by atoms with Crippen molar-refractivity contribution < 1.29 is 9.18 Å². The summed E-state index contributed by atoms with van der Waals surface area (Å²) < 4.78 is 15.9. The molecule has 0 saturated heterocycles. The van der Waals surface area contributed by atoms with Crippen molar-refractivity contribution in [3.05, 3.63) is 67.0 Å². The minimum atomic E-state index is -0.372. The molecular weight excluding hydrogens is 395 g/mol. The third-order valence-electron chi connectivity index (χ3n) is 3.86. The highest BCUT2D eigenvalue weighted by atomic mass is 32.2. The van der Waals surface area contributed by atoms with Gasteiger partial charge in [0.1, 0.15) is 5.82 Å². The van der Waals surface area contributed by atoms with Crippen LogP contribution in [0.2, 0.25) is 0 Å². The number of amides is 1. The van der Waals surface area contributed by atoms with Gasteiger partial charge in [0.15, 0.2) is 11.0 Å². The predicted octanol–water partition coefficient (Wildman–Crippen LogP) is 4.72. The fourth-order valence-electron chi connectivity index (χ4n) is 2.60. The Morgan fingerprint density at radius 2 is 1.96 bits per heavy atom. The van der Waals surface area contributed by atoms with Crippen molar-refractivity contribution in [1.82, 2.24) is 14.8 Å². The fraction of sp³-hybridized carbons (Fsp3) is 0.150. The van der Waals surface area contributed by atoms with Gasteiger partial charge in [0.05, 0.1) is 17.0 Å². The lowest BCUT2D eigenvalue weighted by Crippen LogP contribution is -2.15. The first-order valence-electron chi connectivity index (χ1n) is 8.48. The molecule has 5 nitrogen and oxygen atoms in total. The number of nitrogens with one attached hydrogen (secondary N) is 1. The summed E-state index contributed by atoms with van der Waals surface area (Å²) in [5.74, 6) is 0.0545. The molecule has 144 valence electrons. The summed E-state index contributed by atoms with van der Waals surface area (Å²) in [4.78, 5) is 13.4. The van der Waals surface area contributed by atoms with Crippen molar-refractivity contribution in [1.29, 1.82) is 0 Å². The van der Waals surface area contributed by atoms with E-state index in [0.29, 0.717) is 23.1 Å². The van der Waals surface area contributed by atoms with Gasteiger partial charge in [-0.25, -0.2) is 4.39 Å². The Bertz CT molecular complexity index is 990. The van der Waals surface area contributed by atoms with Crippen LogP contribution < -0.4 is 5.32 Å². The Balaban J connectivity index is 1.75. The molecule has 0 aliphatic rings. The van der Waals surface area contributed by atoms with Gasteiger partial charge in [-0.2, -0.15) is 0 Å². The van der Waals surface area contributed by atoms with Crippen LogP contribution in [0.1, 0.15) is 0 Å². The lowest BCUT2D eigenvalue weighted by atomic mass is 10.2. The summed E-state index contributed by atoms with van der Waals surface area (Å²) in [7, 11) is 0. The third kappa shape index (κ3) is 4.63. The number of rotatable bonds is 8. The number of hydrogen-bond acceptors (Lipinski definition) is 5. The summed E-state index contributed by atoms with van der Waals surface area (Å²) in [6.07, 6.45) is 3.65. The molecule has 0 spiro atoms. The average molecular weight is 415 g/mol. The zero-order valence-corrected chi connectivity index (χ0v) is 16.9. The van der Waals surface area contributed by atoms with Crippen LogP contribution in [0.3, 0.4) is 0 Å². The molecule has 2 aromatic carbocycles. The fourth-order valence-corrected chi connectivity index (χ4v) is 3.90. The molecule has 0 atom stereocenters. The van der Waals surface area contributed by atoms with E-state index in [2.05, 4.69) is 22.1 Å². The van der Waals surface area contributed by atoms with E-state index in [1.807, 2.05) is 30.5 Å². The van der Waals surface area contributed by atoms with Gasteiger partial charge in [-0.05, 0) is 30.5 Å². The first kappa shape index (κ1) is 20.2. The highest BCUT2D eigenvalue weighted by molar-refractivity contribution is 7.99. The van der Waals surface area contributed by atoms with Crippen LogP contribution in [-0.2, 0) is 11.3 Å². The smallest absolute Gasteiger partial charge is 0.234 e.